The lowest BCUT2D eigenvalue weighted by Crippen LogP contribution is -2.41. The van der Waals surface area contributed by atoms with E-state index in [4.69, 9.17) is 9.47 Å². The first-order valence-electron chi connectivity index (χ1n) is 8.03. The van der Waals surface area contributed by atoms with Crippen molar-refractivity contribution < 1.29 is 9.47 Å². The molecular formula is C17H28IN3O2. The Morgan fingerprint density at radius 3 is 2.74 bits per heavy atom. The van der Waals surface area contributed by atoms with Crippen LogP contribution in [0.5, 0.6) is 5.75 Å². The molecular weight excluding hydrogens is 405 g/mol. The van der Waals surface area contributed by atoms with E-state index < -0.39 is 0 Å². The standard InChI is InChI=1S/C17H27N3O2.HI/c1-14-6-8-15(9-7-14)21-12-4-10-19-17(18-2)20-13-16-5-3-11-22-16;/h6-9,16H,3-5,10-13H2,1-2H3,(H2,18,19,20);1H. The summed E-state index contributed by atoms with van der Waals surface area (Å²) >= 11 is 0. The Labute approximate surface area is 156 Å². The van der Waals surface area contributed by atoms with Crippen LogP contribution < -0.4 is 15.4 Å². The summed E-state index contributed by atoms with van der Waals surface area (Å²) in [6.07, 6.45) is 3.54. The summed E-state index contributed by atoms with van der Waals surface area (Å²) in [5.41, 5.74) is 1.25. The van der Waals surface area contributed by atoms with Crippen LogP contribution in [-0.2, 0) is 4.74 Å². The average molecular weight is 433 g/mol. The van der Waals surface area contributed by atoms with E-state index in [1.54, 1.807) is 7.05 Å². The monoisotopic (exact) mass is 433 g/mol. The molecule has 0 bridgehead atoms. The minimum atomic E-state index is 0. The van der Waals surface area contributed by atoms with Gasteiger partial charge in [0.1, 0.15) is 5.75 Å². The molecule has 23 heavy (non-hydrogen) atoms. The van der Waals surface area contributed by atoms with Crippen molar-refractivity contribution in [1.29, 1.82) is 0 Å². The number of benzene rings is 1. The molecule has 1 saturated heterocycles. The lowest BCUT2D eigenvalue weighted by Gasteiger charge is -2.15. The molecule has 0 amide bonds. The van der Waals surface area contributed by atoms with E-state index in [1.165, 1.54) is 5.56 Å². The molecule has 1 aliphatic rings. The van der Waals surface area contributed by atoms with E-state index in [2.05, 4.69) is 34.7 Å². The third-order valence-electron chi connectivity index (χ3n) is 3.65. The Hall–Kier alpha value is -1.02. The minimum absolute atomic E-state index is 0. The van der Waals surface area contributed by atoms with Gasteiger partial charge in [0, 0.05) is 26.7 Å². The van der Waals surface area contributed by atoms with Gasteiger partial charge in [-0.15, -0.1) is 24.0 Å². The molecule has 1 aromatic carbocycles. The van der Waals surface area contributed by atoms with Crippen LogP contribution in [-0.4, -0.2) is 45.4 Å². The molecule has 0 aromatic heterocycles. The second kappa shape index (κ2) is 11.5. The highest BCUT2D eigenvalue weighted by molar-refractivity contribution is 14.0. The van der Waals surface area contributed by atoms with E-state index >= 15 is 0 Å². The normalized spacial score (nSPS) is 17.5. The fourth-order valence-corrected chi connectivity index (χ4v) is 2.34. The fraction of sp³-hybridized carbons (Fsp3) is 0.588. The van der Waals surface area contributed by atoms with Gasteiger partial charge in [0.15, 0.2) is 5.96 Å². The second-order valence-electron chi connectivity index (χ2n) is 5.53. The van der Waals surface area contributed by atoms with Crippen molar-refractivity contribution in [1.82, 2.24) is 10.6 Å². The van der Waals surface area contributed by atoms with Gasteiger partial charge in [-0.25, -0.2) is 0 Å². The average Bonchev–Trinajstić information content (AvgIpc) is 3.05. The van der Waals surface area contributed by atoms with Gasteiger partial charge in [-0.3, -0.25) is 4.99 Å². The Bertz CT molecular complexity index is 459. The zero-order chi connectivity index (χ0) is 15.6. The number of halogens is 1. The zero-order valence-electron chi connectivity index (χ0n) is 14.0. The second-order valence-corrected chi connectivity index (χ2v) is 5.53. The first-order valence-corrected chi connectivity index (χ1v) is 8.03. The lowest BCUT2D eigenvalue weighted by molar-refractivity contribution is 0.114. The number of aryl methyl sites for hydroxylation is 1. The quantitative estimate of drug-likeness (QED) is 0.301. The maximum Gasteiger partial charge on any atom is 0.191 e. The fourth-order valence-electron chi connectivity index (χ4n) is 2.34. The maximum absolute atomic E-state index is 5.70. The highest BCUT2D eigenvalue weighted by Gasteiger charge is 2.15. The molecule has 5 nitrogen and oxygen atoms in total. The van der Waals surface area contributed by atoms with E-state index in [-0.39, 0.29) is 24.0 Å². The Morgan fingerprint density at radius 1 is 1.30 bits per heavy atom. The molecule has 0 spiro atoms. The van der Waals surface area contributed by atoms with Gasteiger partial charge in [-0.1, -0.05) is 17.7 Å². The lowest BCUT2D eigenvalue weighted by atomic mass is 10.2. The van der Waals surface area contributed by atoms with E-state index in [0.29, 0.717) is 12.7 Å². The zero-order valence-corrected chi connectivity index (χ0v) is 16.3. The molecule has 1 heterocycles. The van der Waals surface area contributed by atoms with Crippen LogP contribution in [0.4, 0.5) is 0 Å². The largest absolute Gasteiger partial charge is 0.494 e. The molecule has 6 heteroatoms. The Balaban J connectivity index is 0.00000264. The number of hydrogen-bond donors (Lipinski definition) is 2. The maximum atomic E-state index is 5.70. The number of nitrogens with zero attached hydrogens (tertiary/aromatic N) is 1. The summed E-state index contributed by atoms with van der Waals surface area (Å²) in [7, 11) is 1.79. The van der Waals surface area contributed by atoms with Gasteiger partial charge in [0.2, 0.25) is 0 Å². The minimum Gasteiger partial charge on any atom is -0.494 e. The topological polar surface area (TPSA) is 54.9 Å². The van der Waals surface area contributed by atoms with Crippen LogP contribution in [0.25, 0.3) is 0 Å². The number of ether oxygens (including phenoxy) is 2. The molecule has 2 rings (SSSR count). The smallest absolute Gasteiger partial charge is 0.191 e. The third-order valence-corrected chi connectivity index (χ3v) is 3.65. The van der Waals surface area contributed by atoms with Gasteiger partial charge < -0.3 is 20.1 Å². The van der Waals surface area contributed by atoms with Crippen LogP contribution in [0.15, 0.2) is 29.3 Å². The SMILES string of the molecule is CN=C(NCCCOc1ccc(C)cc1)NCC1CCCO1.I. The van der Waals surface area contributed by atoms with E-state index in [9.17, 15) is 0 Å². The van der Waals surface area contributed by atoms with Crippen molar-refractivity contribution in [2.45, 2.75) is 32.3 Å². The number of rotatable bonds is 7. The molecule has 130 valence electrons. The molecule has 2 N–H and O–H groups in total. The highest BCUT2D eigenvalue weighted by Crippen LogP contribution is 2.11. The van der Waals surface area contributed by atoms with Gasteiger partial charge in [0.05, 0.1) is 12.7 Å². The molecule has 1 fully saturated rings. The molecule has 1 aromatic rings. The number of hydrogen-bond acceptors (Lipinski definition) is 3. The predicted molar refractivity (Wildman–Crippen MR) is 105 cm³/mol. The highest BCUT2D eigenvalue weighted by atomic mass is 127. The van der Waals surface area contributed by atoms with Crippen molar-refractivity contribution in [2.24, 2.45) is 4.99 Å². The summed E-state index contributed by atoms with van der Waals surface area (Å²) < 4.78 is 11.3. The first-order chi connectivity index (χ1) is 10.8. The van der Waals surface area contributed by atoms with E-state index in [0.717, 1.165) is 50.7 Å². The van der Waals surface area contributed by atoms with Crippen molar-refractivity contribution in [2.75, 3.05) is 33.4 Å². The molecule has 0 saturated carbocycles. The van der Waals surface area contributed by atoms with Crippen LogP contribution in [0.3, 0.4) is 0 Å². The van der Waals surface area contributed by atoms with Crippen molar-refractivity contribution in [3.05, 3.63) is 29.8 Å². The summed E-state index contributed by atoms with van der Waals surface area (Å²) in [5.74, 6) is 1.75. The van der Waals surface area contributed by atoms with Gasteiger partial charge in [-0.05, 0) is 38.3 Å². The number of aliphatic imine (C=N–C) groups is 1. The van der Waals surface area contributed by atoms with Gasteiger partial charge >= 0.3 is 0 Å². The molecule has 0 radical (unpaired) electrons. The summed E-state index contributed by atoms with van der Waals surface area (Å²) in [6, 6.07) is 8.13. The number of nitrogens with one attached hydrogen (secondary N) is 2. The van der Waals surface area contributed by atoms with Crippen molar-refractivity contribution >= 4 is 29.9 Å². The number of guanidine groups is 1. The van der Waals surface area contributed by atoms with Crippen LogP contribution >= 0.6 is 24.0 Å². The van der Waals surface area contributed by atoms with Gasteiger partial charge in [-0.2, -0.15) is 0 Å². The van der Waals surface area contributed by atoms with Crippen LogP contribution in [0, 0.1) is 6.92 Å². The Kier molecular flexibility index (Phi) is 10.0. The molecule has 0 aliphatic carbocycles. The molecule has 1 atom stereocenters. The van der Waals surface area contributed by atoms with Crippen LogP contribution in [0.1, 0.15) is 24.8 Å². The van der Waals surface area contributed by atoms with Gasteiger partial charge in [0.25, 0.3) is 0 Å². The summed E-state index contributed by atoms with van der Waals surface area (Å²) in [6.45, 7) is 5.30. The van der Waals surface area contributed by atoms with Crippen LogP contribution in [0.2, 0.25) is 0 Å². The van der Waals surface area contributed by atoms with Crippen molar-refractivity contribution in [3.63, 3.8) is 0 Å². The first kappa shape index (κ1) is 20.0. The summed E-state index contributed by atoms with van der Waals surface area (Å²) in [5, 5.41) is 6.59. The molecule has 1 unspecified atom stereocenters. The van der Waals surface area contributed by atoms with Crippen molar-refractivity contribution in [3.8, 4) is 5.75 Å². The molecule has 1 aliphatic heterocycles. The third kappa shape index (κ3) is 7.87. The van der Waals surface area contributed by atoms with E-state index in [1.807, 2.05) is 12.1 Å². The predicted octanol–water partition coefficient (Wildman–Crippen LogP) is 2.73. The Morgan fingerprint density at radius 2 is 2.09 bits per heavy atom. The summed E-state index contributed by atoms with van der Waals surface area (Å²) in [4.78, 5) is 4.21.